The Kier molecular flexibility index (Phi) is 5.81. The Hall–Kier alpha value is -0.650. The van der Waals surface area contributed by atoms with E-state index < -0.39 is 0 Å². The molecule has 108 valence electrons. The van der Waals surface area contributed by atoms with Gasteiger partial charge in [-0.25, -0.2) is 4.98 Å². The van der Waals surface area contributed by atoms with E-state index in [-0.39, 0.29) is 0 Å². The fourth-order valence-corrected chi connectivity index (χ4v) is 3.09. The van der Waals surface area contributed by atoms with Crippen LogP contribution in [0.2, 0.25) is 10.0 Å². The molecule has 0 bridgehead atoms. The van der Waals surface area contributed by atoms with Gasteiger partial charge in [-0.15, -0.1) is 11.3 Å². The minimum atomic E-state index is 0.512. The number of nitrogens with one attached hydrogen (secondary N) is 1. The Morgan fingerprint density at radius 1 is 1.30 bits per heavy atom. The van der Waals surface area contributed by atoms with E-state index in [1.807, 2.05) is 12.1 Å². The summed E-state index contributed by atoms with van der Waals surface area (Å²) in [5.74, 6) is 0. The fraction of sp³-hybridized carbons (Fsp3) is 0.357. The highest BCUT2D eigenvalue weighted by Crippen LogP contribution is 2.32. The zero-order valence-corrected chi connectivity index (χ0v) is 13.7. The first-order valence-electron chi connectivity index (χ1n) is 6.29. The van der Waals surface area contributed by atoms with E-state index in [1.54, 1.807) is 24.5 Å². The zero-order chi connectivity index (χ0) is 14.5. The summed E-state index contributed by atoms with van der Waals surface area (Å²) >= 11 is 13.7. The van der Waals surface area contributed by atoms with Gasteiger partial charge in [0.05, 0.1) is 22.3 Å². The number of ether oxygens (including phenoxy) is 1. The van der Waals surface area contributed by atoms with Gasteiger partial charge in [-0.1, -0.05) is 36.2 Å². The molecular formula is C14H16Cl2N2OS. The number of benzene rings is 1. The highest BCUT2D eigenvalue weighted by atomic mass is 35.5. The molecule has 0 unspecified atom stereocenters. The molecule has 0 saturated heterocycles. The predicted octanol–water partition coefficient (Wildman–Crippen LogP) is 4.37. The Morgan fingerprint density at radius 3 is 2.75 bits per heavy atom. The van der Waals surface area contributed by atoms with E-state index in [0.29, 0.717) is 16.7 Å². The van der Waals surface area contributed by atoms with Crippen molar-refractivity contribution < 1.29 is 4.74 Å². The number of rotatable bonds is 6. The summed E-state index contributed by atoms with van der Waals surface area (Å²) in [6.45, 7) is 4.32. The molecule has 0 spiro atoms. The van der Waals surface area contributed by atoms with Crippen molar-refractivity contribution in [3.05, 3.63) is 38.8 Å². The quantitative estimate of drug-likeness (QED) is 0.853. The van der Waals surface area contributed by atoms with Crippen LogP contribution in [0.3, 0.4) is 0 Å². The first kappa shape index (κ1) is 15.7. The van der Waals surface area contributed by atoms with Gasteiger partial charge < -0.3 is 10.1 Å². The molecule has 3 nitrogen and oxygen atoms in total. The van der Waals surface area contributed by atoms with Gasteiger partial charge in [0, 0.05) is 24.1 Å². The Bertz CT molecular complexity index is 587. The van der Waals surface area contributed by atoms with Crippen LogP contribution in [0.25, 0.3) is 10.6 Å². The molecule has 1 N–H and O–H groups in total. The molecule has 0 fully saturated rings. The van der Waals surface area contributed by atoms with E-state index in [9.17, 15) is 0 Å². The molecule has 2 rings (SSSR count). The molecule has 0 aliphatic rings. The van der Waals surface area contributed by atoms with Crippen LogP contribution in [-0.2, 0) is 17.9 Å². The van der Waals surface area contributed by atoms with Crippen molar-refractivity contribution in [2.75, 3.05) is 13.7 Å². The van der Waals surface area contributed by atoms with Crippen molar-refractivity contribution >= 4 is 34.5 Å². The summed E-state index contributed by atoms with van der Waals surface area (Å²) in [5, 5.41) is 5.35. The normalized spacial score (nSPS) is 11.0. The van der Waals surface area contributed by atoms with Gasteiger partial charge in [0.1, 0.15) is 5.01 Å². The number of nitrogens with zero attached hydrogens (tertiary/aromatic N) is 1. The van der Waals surface area contributed by atoms with E-state index in [1.165, 1.54) is 4.88 Å². The van der Waals surface area contributed by atoms with Gasteiger partial charge >= 0.3 is 0 Å². The van der Waals surface area contributed by atoms with Crippen LogP contribution in [0.4, 0.5) is 0 Å². The average molecular weight is 331 g/mol. The van der Waals surface area contributed by atoms with Crippen molar-refractivity contribution in [3.8, 4) is 10.6 Å². The molecule has 1 heterocycles. The molecule has 0 amide bonds. The molecule has 2 aromatic rings. The Balaban J connectivity index is 2.33. The molecular weight excluding hydrogens is 315 g/mol. The number of methoxy groups -OCH3 is 1. The van der Waals surface area contributed by atoms with Gasteiger partial charge in [-0.2, -0.15) is 0 Å². The lowest BCUT2D eigenvalue weighted by molar-refractivity contribution is 0.181. The Labute approximate surface area is 132 Å². The lowest BCUT2D eigenvalue weighted by Crippen LogP contribution is -2.12. The number of thiazole rings is 1. The van der Waals surface area contributed by atoms with Gasteiger partial charge in [0.25, 0.3) is 0 Å². The molecule has 0 atom stereocenters. The maximum Gasteiger partial charge on any atom is 0.124 e. The minimum absolute atomic E-state index is 0.512. The standard InChI is InChI=1S/C14H16Cl2N2OS/c1-3-17-7-13-12(8-19-2)18-14(20-13)9-4-5-10(15)11(16)6-9/h4-6,17H,3,7-8H2,1-2H3. The van der Waals surface area contributed by atoms with Crippen LogP contribution in [0.15, 0.2) is 18.2 Å². The van der Waals surface area contributed by atoms with Crippen molar-refractivity contribution in [2.24, 2.45) is 0 Å². The molecule has 20 heavy (non-hydrogen) atoms. The van der Waals surface area contributed by atoms with Crippen molar-refractivity contribution in [2.45, 2.75) is 20.1 Å². The summed E-state index contributed by atoms with van der Waals surface area (Å²) in [6, 6.07) is 5.57. The number of hydrogen-bond acceptors (Lipinski definition) is 4. The van der Waals surface area contributed by atoms with Gasteiger partial charge in [-0.3, -0.25) is 0 Å². The topological polar surface area (TPSA) is 34.2 Å². The first-order chi connectivity index (χ1) is 9.65. The molecule has 0 radical (unpaired) electrons. The number of aromatic nitrogens is 1. The molecule has 0 aliphatic carbocycles. The van der Waals surface area contributed by atoms with Crippen LogP contribution in [0.5, 0.6) is 0 Å². The average Bonchev–Trinajstić information content (AvgIpc) is 2.83. The molecule has 1 aromatic heterocycles. The maximum atomic E-state index is 6.06. The predicted molar refractivity (Wildman–Crippen MR) is 85.7 cm³/mol. The summed E-state index contributed by atoms with van der Waals surface area (Å²) in [5.41, 5.74) is 1.95. The van der Waals surface area contributed by atoms with Gasteiger partial charge in [-0.05, 0) is 18.7 Å². The SMILES string of the molecule is CCNCc1sc(-c2ccc(Cl)c(Cl)c2)nc1COC. The maximum absolute atomic E-state index is 6.06. The first-order valence-corrected chi connectivity index (χ1v) is 7.86. The van der Waals surface area contributed by atoms with Crippen LogP contribution < -0.4 is 5.32 Å². The molecule has 6 heteroatoms. The fourth-order valence-electron chi connectivity index (χ4n) is 1.76. The third-order valence-corrected chi connectivity index (χ3v) is 4.65. The third kappa shape index (κ3) is 3.71. The highest BCUT2D eigenvalue weighted by Gasteiger charge is 2.13. The van der Waals surface area contributed by atoms with Crippen LogP contribution >= 0.6 is 34.5 Å². The largest absolute Gasteiger partial charge is 0.378 e. The van der Waals surface area contributed by atoms with Crippen molar-refractivity contribution in [1.82, 2.24) is 10.3 Å². The Morgan fingerprint density at radius 2 is 2.10 bits per heavy atom. The highest BCUT2D eigenvalue weighted by molar-refractivity contribution is 7.15. The second-order valence-corrected chi connectivity index (χ2v) is 6.13. The van der Waals surface area contributed by atoms with Crippen molar-refractivity contribution in [1.29, 1.82) is 0 Å². The summed E-state index contributed by atoms with van der Waals surface area (Å²) < 4.78 is 5.21. The van der Waals surface area contributed by atoms with Crippen molar-refractivity contribution in [3.63, 3.8) is 0 Å². The van der Waals surface area contributed by atoms with Gasteiger partial charge in [0.15, 0.2) is 0 Å². The summed E-state index contributed by atoms with van der Waals surface area (Å²) in [7, 11) is 1.68. The number of hydrogen-bond donors (Lipinski definition) is 1. The van der Waals surface area contributed by atoms with Crippen LogP contribution in [-0.4, -0.2) is 18.6 Å². The summed E-state index contributed by atoms with van der Waals surface area (Å²) in [6.07, 6.45) is 0. The lowest BCUT2D eigenvalue weighted by Gasteiger charge is -2.00. The molecule has 1 aromatic carbocycles. The second kappa shape index (κ2) is 7.38. The lowest BCUT2D eigenvalue weighted by atomic mass is 10.2. The smallest absolute Gasteiger partial charge is 0.124 e. The minimum Gasteiger partial charge on any atom is -0.378 e. The third-order valence-electron chi connectivity index (χ3n) is 2.76. The molecule has 0 aliphatic heterocycles. The zero-order valence-electron chi connectivity index (χ0n) is 11.4. The van der Waals surface area contributed by atoms with Crippen LogP contribution in [0, 0.1) is 0 Å². The van der Waals surface area contributed by atoms with Gasteiger partial charge in [0.2, 0.25) is 0 Å². The van der Waals surface area contributed by atoms with E-state index in [4.69, 9.17) is 27.9 Å². The number of halogens is 2. The van der Waals surface area contributed by atoms with Crippen LogP contribution in [0.1, 0.15) is 17.5 Å². The van der Waals surface area contributed by atoms with E-state index in [2.05, 4.69) is 17.2 Å². The summed E-state index contributed by atoms with van der Waals surface area (Å²) in [4.78, 5) is 5.84. The monoisotopic (exact) mass is 330 g/mol. The molecule has 0 saturated carbocycles. The van der Waals surface area contributed by atoms with E-state index >= 15 is 0 Å². The second-order valence-electron chi connectivity index (χ2n) is 4.23. The van der Waals surface area contributed by atoms with E-state index in [0.717, 1.165) is 29.4 Å².